The highest BCUT2D eigenvalue weighted by molar-refractivity contribution is 5.96. The highest BCUT2D eigenvalue weighted by atomic mass is 19.4. The van der Waals surface area contributed by atoms with Crippen molar-refractivity contribution >= 4 is 29.4 Å². The Morgan fingerprint density at radius 3 is 2.24 bits per heavy atom. The molecule has 2 aliphatic rings. The quantitative estimate of drug-likeness (QED) is 0.461. The van der Waals surface area contributed by atoms with E-state index < -0.39 is 53.3 Å². The Morgan fingerprint density at radius 2 is 1.74 bits per heavy atom. The number of primary amides is 1. The predicted octanol–water partition coefficient (Wildman–Crippen LogP) is 0.761. The normalized spacial score (nSPS) is 23.6. The van der Waals surface area contributed by atoms with Crippen molar-refractivity contribution in [1.29, 1.82) is 0 Å². The SMILES string of the molecule is CN(C)c1cncc(C(NC(=O)[C@@H]2[C@@H]3[C@H](CN2C(=O)[C@@H](NC(=O)C(F)(F)F)C(C)(C)C)C3(C)C)C(N)=O)n1. The molecule has 0 bridgehead atoms. The van der Waals surface area contributed by atoms with E-state index in [1.807, 2.05) is 13.8 Å². The Hall–Kier alpha value is -3.45. The van der Waals surface area contributed by atoms with Crippen molar-refractivity contribution in [2.75, 3.05) is 25.5 Å². The molecule has 1 aromatic rings. The molecule has 4 amide bonds. The van der Waals surface area contributed by atoms with Crippen LogP contribution in [0.2, 0.25) is 0 Å². The van der Waals surface area contributed by atoms with E-state index in [0.717, 1.165) is 0 Å². The van der Waals surface area contributed by atoms with Crippen LogP contribution in [0.3, 0.4) is 0 Å². The Bertz CT molecular complexity index is 1130. The van der Waals surface area contributed by atoms with Gasteiger partial charge in [0, 0.05) is 20.6 Å². The van der Waals surface area contributed by atoms with E-state index in [4.69, 9.17) is 5.73 Å². The number of likely N-dealkylation sites (tertiary alicyclic amines) is 1. The van der Waals surface area contributed by atoms with E-state index in [1.165, 1.54) is 38.1 Å². The van der Waals surface area contributed by atoms with Gasteiger partial charge in [-0.15, -0.1) is 0 Å². The van der Waals surface area contributed by atoms with Gasteiger partial charge in [0.15, 0.2) is 6.04 Å². The molecule has 1 unspecified atom stereocenters. The van der Waals surface area contributed by atoms with E-state index in [1.54, 1.807) is 24.3 Å². The lowest BCUT2D eigenvalue weighted by molar-refractivity contribution is -0.176. The van der Waals surface area contributed by atoms with Crippen LogP contribution in [0.25, 0.3) is 0 Å². The molecular formula is C24H34F3N7O4. The Morgan fingerprint density at radius 1 is 1.13 bits per heavy atom. The molecule has 4 N–H and O–H groups in total. The fourth-order valence-corrected chi connectivity index (χ4v) is 5.08. The maximum absolute atomic E-state index is 13.6. The number of carbonyl (C=O) groups is 4. The molecule has 5 atom stereocenters. The second-order valence-corrected chi connectivity index (χ2v) is 11.7. The first-order chi connectivity index (χ1) is 17.3. The Labute approximate surface area is 218 Å². The largest absolute Gasteiger partial charge is 0.471 e. The van der Waals surface area contributed by atoms with Gasteiger partial charge in [-0.2, -0.15) is 13.2 Å². The molecule has 0 spiro atoms. The van der Waals surface area contributed by atoms with Crippen LogP contribution < -0.4 is 21.3 Å². The standard InChI is InChI=1S/C24H34F3N7O4/c1-22(2,3)17(32-21(38)24(25,26)27)20(37)34-10-11-14(23(11,4)5)16(34)19(36)31-15(18(28)35)12-8-29-9-13(30-12)33(6)7/h8-9,11,14-17H,10H2,1-7H3,(H2,28,35)(H,31,36)(H,32,38)/t11-,14-,15?,16-,17+/m0/s1. The lowest BCUT2D eigenvalue weighted by Gasteiger charge is -2.38. The molecule has 210 valence electrons. The van der Waals surface area contributed by atoms with Crippen molar-refractivity contribution in [1.82, 2.24) is 25.5 Å². The summed E-state index contributed by atoms with van der Waals surface area (Å²) >= 11 is 0. The van der Waals surface area contributed by atoms with Crippen LogP contribution in [-0.2, 0) is 19.2 Å². The average Bonchev–Trinajstić information content (AvgIpc) is 3.12. The van der Waals surface area contributed by atoms with Gasteiger partial charge in [-0.1, -0.05) is 34.6 Å². The minimum Gasteiger partial charge on any atom is -0.368 e. The summed E-state index contributed by atoms with van der Waals surface area (Å²) in [5, 5.41) is 4.37. The number of alkyl halides is 3. The maximum Gasteiger partial charge on any atom is 0.471 e. The summed E-state index contributed by atoms with van der Waals surface area (Å²) in [6.45, 7) is 8.51. The molecule has 0 aromatic carbocycles. The molecule has 1 aliphatic carbocycles. The van der Waals surface area contributed by atoms with Crippen LogP contribution in [0, 0.1) is 22.7 Å². The van der Waals surface area contributed by atoms with E-state index in [-0.39, 0.29) is 29.5 Å². The van der Waals surface area contributed by atoms with Gasteiger partial charge in [0.05, 0.1) is 18.1 Å². The second kappa shape index (κ2) is 9.70. The topological polar surface area (TPSA) is 151 Å². The zero-order chi connectivity index (χ0) is 29.0. The second-order valence-electron chi connectivity index (χ2n) is 11.7. The fourth-order valence-electron chi connectivity index (χ4n) is 5.08. The van der Waals surface area contributed by atoms with Crippen molar-refractivity contribution in [2.24, 2.45) is 28.4 Å². The third-order valence-electron chi connectivity index (χ3n) is 7.37. The third kappa shape index (κ3) is 5.53. The minimum atomic E-state index is -5.19. The molecule has 11 nitrogen and oxygen atoms in total. The van der Waals surface area contributed by atoms with Crippen molar-refractivity contribution in [3.63, 3.8) is 0 Å². The van der Waals surface area contributed by atoms with Crippen LogP contribution >= 0.6 is 0 Å². The van der Waals surface area contributed by atoms with Crippen LogP contribution in [0.15, 0.2) is 12.4 Å². The fraction of sp³-hybridized carbons (Fsp3) is 0.667. The molecule has 1 saturated carbocycles. The van der Waals surface area contributed by atoms with Gasteiger partial charge < -0.3 is 26.2 Å². The molecule has 1 aromatic heterocycles. The zero-order valence-corrected chi connectivity index (χ0v) is 22.4. The number of rotatable bonds is 7. The van der Waals surface area contributed by atoms with Crippen LogP contribution in [-0.4, -0.2) is 77.4 Å². The molecule has 38 heavy (non-hydrogen) atoms. The van der Waals surface area contributed by atoms with E-state index in [2.05, 4.69) is 15.3 Å². The van der Waals surface area contributed by atoms with Gasteiger partial charge in [0.1, 0.15) is 17.9 Å². The van der Waals surface area contributed by atoms with Crippen molar-refractivity contribution < 1.29 is 32.3 Å². The molecule has 2 fully saturated rings. The minimum absolute atomic E-state index is 0.0875. The van der Waals surface area contributed by atoms with Gasteiger partial charge in [0.2, 0.25) is 17.7 Å². The lowest BCUT2D eigenvalue weighted by atomic mass is 9.85. The highest BCUT2D eigenvalue weighted by Crippen LogP contribution is 2.65. The number of anilines is 1. The molecule has 3 rings (SSSR count). The summed E-state index contributed by atoms with van der Waals surface area (Å²) in [4.78, 5) is 62.5. The molecule has 2 heterocycles. The first kappa shape index (κ1) is 29.1. The predicted molar refractivity (Wildman–Crippen MR) is 130 cm³/mol. The van der Waals surface area contributed by atoms with Gasteiger partial charge in [-0.3, -0.25) is 24.2 Å². The van der Waals surface area contributed by atoms with Gasteiger partial charge in [0.25, 0.3) is 0 Å². The van der Waals surface area contributed by atoms with Crippen molar-refractivity contribution in [3.8, 4) is 0 Å². The zero-order valence-electron chi connectivity index (χ0n) is 22.4. The summed E-state index contributed by atoms with van der Waals surface area (Å²) in [7, 11) is 3.43. The number of hydrogen-bond donors (Lipinski definition) is 3. The van der Waals surface area contributed by atoms with E-state index in [0.29, 0.717) is 5.82 Å². The van der Waals surface area contributed by atoms with Crippen molar-refractivity contribution in [3.05, 3.63) is 18.1 Å². The molecule has 1 aliphatic heterocycles. The summed E-state index contributed by atoms with van der Waals surface area (Å²) in [5.41, 5.74) is 4.23. The lowest BCUT2D eigenvalue weighted by Crippen LogP contribution is -2.61. The summed E-state index contributed by atoms with van der Waals surface area (Å²) in [6, 6.07) is -4.01. The first-order valence-corrected chi connectivity index (χ1v) is 12.1. The monoisotopic (exact) mass is 541 g/mol. The number of piperidine rings is 1. The Kier molecular flexibility index (Phi) is 7.43. The summed E-state index contributed by atoms with van der Waals surface area (Å²) in [6.07, 6.45) is -2.45. The highest BCUT2D eigenvalue weighted by Gasteiger charge is 2.70. The number of nitrogens with one attached hydrogen (secondary N) is 2. The summed E-state index contributed by atoms with van der Waals surface area (Å²) in [5.74, 6) is -4.66. The Balaban J connectivity index is 1.92. The number of nitrogens with two attached hydrogens (primary N) is 1. The summed E-state index contributed by atoms with van der Waals surface area (Å²) < 4.78 is 39.0. The van der Waals surface area contributed by atoms with E-state index in [9.17, 15) is 32.3 Å². The van der Waals surface area contributed by atoms with Gasteiger partial charge in [-0.05, 0) is 22.7 Å². The number of carbonyl (C=O) groups excluding carboxylic acids is 4. The van der Waals surface area contributed by atoms with Crippen LogP contribution in [0.4, 0.5) is 19.0 Å². The van der Waals surface area contributed by atoms with Gasteiger partial charge >= 0.3 is 12.1 Å². The molecule has 0 radical (unpaired) electrons. The van der Waals surface area contributed by atoms with E-state index >= 15 is 0 Å². The molecular weight excluding hydrogens is 507 g/mol. The molecule has 1 saturated heterocycles. The maximum atomic E-state index is 13.6. The number of halogens is 3. The van der Waals surface area contributed by atoms with Gasteiger partial charge in [-0.25, -0.2) is 4.98 Å². The third-order valence-corrected chi connectivity index (χ3v) is 7.37. The van der Waals surface area contributed by atoms with Crippen molar-refractivity contribution in [2.45, 2.75) is 58.9 Å². The van der Waals surface area contributed by atoms with Crippen LogP contribution in [0.5, 0.6) is 0 Å². The number of amides is 4. The van der Waals surface area contributed by atoms with Crippen LogP contribution in [0.1, 0.15) is 46.4 Å². The average molecular weight is 542 g/mol. The number of fused-ring (bicyclic) bond motifs is 1. The molecule has 14 heteroatoms. The first-order valence-electron chi connectivity index (χ1n) is 12.1. The number of nitrogens with zero attached hydrogens (tertiary/aromatic N) is 4. The number of hydrogen-bond acceptors (Lipinski definition) is 7. The number of aromatic nitrogens is 2. The smallest absolute Gasteiger partial charge is 0.368 e.